The molecule has 0 bridgehead atoms. The van der Waals surface area contributed by atoms with Crippen molar-refractivity contribution >= 4 is 34.8 Å². The van der Waals surface area contributed by atoms with Gasteiger partial charge in [-0.2, -0.15) is 4.80 Å². The van der Waals surface area contributed by atoms with E-state index in [4.69, 9.17) is 23.2 Å². The molecule has 1 N–H and O–H groups in total. The van der Waals surface area contributed by atoms with Crippen molar-refractivity contribution in [2.45, 2.75) is 13.5 Å². The predicted molar refractivity (Wildman–Crippen MR) is 93.1 cm³/mol. The molecule has 3 aromatic rings. The summed E-state index contributed by atoms with van der Waals surface area (Å²) in [5.41, 5.74) is 2.33. The van der Waals surface area contributed by atoms with Crippen LogP contribution in [0.3, 0.4) is 0 Å². The fourth-order valence-corrected chi connectivity index (χ4v) is 2.47. The summed E-state index contributed by atoms with van der Waals surface area (Å²) < 4.78 is 0. The molecule has 0 aliphatic rings. The van der Waals surface area contributed by atoms with Crippen LogP contribution in [-0.2, 0) is 11.3 Å². The number of amides is 1. The minimum absolute atomic E-state index is 0.0647. The van der Waals surface area contributed by atoms with Crippen molar-refractivity contribution < 1.29 is 4.79 Å². The Morgan fingerprint density at radius 2 is 1.92 bits per heavy atom. The third-order valence-corrected chi connectivity index (χ3v) is 3.80. The highest BCUT2D eigenvalue weighted by Gasteiger charge is 2.11. The molecule has 24 heavy (non-hydrogen) atoms. The first-order valence-corrected chi connectivity index (χ1v) is 7.86. The van der Waals surface area contributed by atoms with Crippen LogP contribution >= 0.6 is 23.2 Å². The number of carbonyl (C=O) groups is 1. The molecule has 1 heterocycles. The fraction of sp³-hybridized carbons (Fsp3) is 0.125. The molecule has 8 heteroatoms. The Balaban J connectivity index is 1.68. The van der Waals surface area contributed by atoms with E-state index in [2.05, 4.69) is 20.7 Å². The van der Waals surface area contributed by atoms with Crippen molar-refractivity contribution in [3.8, 4) is 11.4 Å². The summed E-state index contributed by atoms with van der Waals surface area (Å²) in [4.78, 5) is 13.3. The minimum Gasteiger partial charge on any atom is -0.323 e. The van der Waals surface area contributed by atoms with E-state index < -0.39 is 0 Å². The van der Waals surface area contributed by atoms with Crippen LogP contribution in [0.2, 0.25) is 10.0 Å². The molecule has 0 aliphatic carbocycles. The second kappa shape index (κ2) is 6.98. The summed E-state index contributed by atoms with van der Waals surface area (Å²) in [6.45, 7) is 1.86. The SMILES string of the molecule is Cc1ccc(NC(=O)Cn2nnc(-c3ccc(Cl)cc3)n2)c(Cl)c1. The summed E-state index contributed by atoms with van der Waals surface area (Å²) >= 11 is 11.9. The van der Waals surface area contributed by atoms with Crippen LogP contribution in [0.1, 0.15) is 5.56 Å². The highest BCUT2D eigenvalue weighted by molar-refractivity contribution is 6.33. The van der Waals surface area contributed by atoms with Gasteiger partial charge in [0.05, 0.1) is 10.7 Å². The largest absolute Gasteiger partial charge is 0.323 e. The number of aryl methyl sites for hydroxylation is 1. The zero-order valence-corrected chi connectivity index (χ0v) is 14.2. The highest BCUT2D eigenvalue weighted by Crippen LogP contribution is 2.22. The molecule has 3 rings (SSSR count). The first kappa shape index (κ1) is 16.4. The van der Waals surface area contributed by atoms with Crippen LogP contribution < -0.4 is 5.32 Å². The van der Waals surface area contributed by atoms with Gasteiger partial charge in [-0.1, -0.05) is 29.3 Å². The van der Waals surface area contributed by atoms with E-state index in [0.29, 0.717) is 21.6 Å². The van der Waals surface area contributed by atoms with E-state index in [0.717, 1.165) is 11.1 Å². The average Bonchev–Trinajstić information content (AvgIpc) is 2.99. The monoisotopic (exact) mass is 361 g/mol. The maximum Gasteiger partial charge on any atom is 0.248 e. The topological polar surface area (TPSA) is 72.7 Å². The number of benzene rings is 2. The Morgan fingerprint density at radius 1 is 1.17 bits per heavy atom. The van der Waals surface area contributed by atoms with Crippen molar-refractivity contribution in [3.63, 3.8) is 0 Å². The van der Waals surface area contributed by atoms with Crippen molar-refractivity contribution in [3.05, 3.63) is 58.1 Å². The molecule has 0 spiro atoms. The standard InChI is InChI=1S/C16H13Cl2N5O/c1-10-2-7-14(13(18)8-10)19-15(24)9-23-21-16(20-22-23)11-3-5-12(17)6-4-11/h2-8H,9H2,1H3,(H,19,24). The number of anilines is 1. The lowest BCUT2D eigenvalue weighted by molar-refractivity contribution is -0.117. The van der Waals surface area contributed by atoms with Gasteiger partial charge < -0.3 is 5.32 Å². The number of tetrazole rings is 1. The summed E-state index contributed by atoms with van der Waals surface area (Å²) in [6, 6.07) is 12.5. The van der Waals surface area contributed by atoms with E-state index in [1.807, 2.05) is 13.0 Å². The Morgan fingerprint density at radius 3 is 2.62 bits per heavy atom. The van der Waals surface area contributed by atoms with Gasteiger partial charge in [0.15, 0.2) is 0 Å². The highest BCUT2D eigenvalue weighted by atomic mass is 35.5. The number of rotatable bonds is 4. The Labute approximate surface area is 148 Å². The second-order valence-corrected chi connectivity index (χ2v) is 6.03. The molecular weight excluding hydrogens is 349 g/mol. The van der Waals surface area contributed by atoms with Crippen molar-refractivity contribution in [2.24, 2.45) is 0 Å². The zero-order valence-electron chi connectivity index (χ0n) is 12.7. The van der Waals surface area contributed by atoms with Crippen LogP contribution in [0.25, 0.3) is 11.4 Å². The molecule has 0 fully saturated rings. The molecule has 0 saturated heterocycles. The minimum atomic E-state index is -0.291. The lowest BCUT2D eigenvalue weighted by Crippen LogP contribution is -2.20. The van der Waals surface area contributed by atoms with Gasteiger partial charge in [0, 0.05) is 10.6 Å². The van der Waals surface area contributed by atoms with Gasteiger partial charge in [-0.05, 0) is 54.1 Å². The Bertz CT molecular complexity index is 876. The lowest BCUT2D eigenvalue weighted by atomic mass is 10.2. The molecule has 122 valence electrons. The first-order chi connectivity index (χ1) is 11.5. The number of aromatic nitrogens is 4. The third kappa shape index (κ3) is 3.90. The Kier molecular flexibility index (Phi) is 4.78. The molecule has 1 amide bonds. The maximum atomic E-state index is 12.1. The molecule has 2 aromatic carbocycles. The molecule has 0 radical (unpaired) electrons. The summed E-state index contributed by atoms with van der Waals surface area (Å²) in [5, 5.41) is 15.8. The predicted octanol–water partition coefficient (Wildman–Crippen LogP) is 3.59. The average molecular weight is 362 g/mol. The summed E-state index contributed by atoms with van der Waals surface area (Å²) in [6.07, 6.45) is 0. The quantitative estimate of drug-likeness (QED) is 0.770. The molecular formula is C16H13Cl2N5O. The van der Waals surface area contributed by atoms with E-state index in [1.165, 1.54) is 4.80 Å². The first-order valence-electron chi connectivity index (χ1n) is 7.11. The van der Waals surface area contributed by atoms with Crippen LogP contribution in [0, 0.1) is 6.92 Å². The lowest BCUT2D eigenvalue weighted by Gasteiger charge is -2.07. The smallest absolute Gasteiger partial charge is 0.248 e. The third-order valence-electron chi connectivity index (χ3n) is 3.24. The van der Waals surface area contributed by atoms with E-state index in [-0.39, 0.29) is 12.5 Å². The van der Waals surface area contributed by atoms with Crippen LogP contribution in [0.4, 0.5) is 5.69 Å². The van der Waals surface area contributed by atoms with Crippen molar-refractivity contribution in [1.29, 1.82) is 0 Å². The van der Waals surface area contributed by atoms with Gasteiger partial charge in [0.1, 0.15) is 6.54 Å². The van der Waals surface area contributed by atoms with Gasteiger partial charge >= 0.3 is 0 Å². The normalized spacial score (nSPS) is 10.6. The molecule has 1 aromatic heterocycles. The zero-order chi connectivity index (χ0) is 17.1. The molecule has 0 saturated carbocycles. The van der Waals surface area contributed by atoms with Gasteiger partial charge in [0.25, 0.3) is 0 Å². The molecule has 0 unspecified atom stereocenters. The molecule has 0 atom stereocenters. The second-order valence-electron chi connectivity index (χ2n) is 5.18. The van der Waals surface area contributed by atoms with E-state index >= 15 is 0 Å². The van der Waals surface area contributed by atoms with E-state index in [1.54, 1.807) is 36.4 Å². The summed E-state index contributed by atoms with van der Waals surface area (Å²) in [7, 11) is 0. The maximum absolute atomic E-state index is 12.1. The van der Waals surface area contributed by atoms with Gasteiger partial charge in [-0.15, -0.1) is 10.2 Å². The molecule has 0 aliphatic heterocycles. The van der Waals surface area contributed by atoms with Gasteiger partial charge in [-0.25, -0.2) is 0 Å². The number of nitrogens with one attached hydrogen (secondary N) is 1. The number of halogens is 2. The number of hydrogen-bond acceptors (Lipinski definition) is 4. The summed E-state index contributed by atoms with van der Waals surface area (Å²) in [5.74, 6) is 0.133. The fourth-order valence-electron chi connectivity index (χ4n) is 2.06. The number of carbonyl (C=O) groups excluding carboxylic acids is 1. The van der Waals surface area contributed by atoms with Crippen LogP contribution in [-0.4, -0.2) is 26.1 Å². The van der Waals surface area contributed by atoms with Crippen molar-refractivity contribution in [2.75, 3.05) is 5.32 Å². The molecule has 6 nitrogen and oxygen atoms in total. The van der Waals surface area contributed by atoms with Crippen LogP contribution in [0.5, 0.6) is 0 Å². The van der Waals surface area contributed by atoms with Crippen molar-refractivity contribution in [1.82, 2.24) is 20.2 Å². The number of hydrogen-bond donors (Lipinski definition) is 1. The van der Waals surface area contributed by atoms with Gasteiger partial charge in [-0.3, -0.25) is 4.79 Å². The number of nitrogens with zero attached hydrogens (tertiary/aromatic N) is 4. The van der Waals surface area contributed by atoms with Gasteiger partial charge in [0.2, 0.25) is 11.7 Å². The van der Waals surface area contributed by atoms with E-state index in [9.17, 15) is 4.79 Å². The Hall–Kier alpha value is -2.44. The van der Waals surface area contributed by atoms with Crippen LogP contribution in [0.15, 0.2) is 42.5 Å².